The van der Waals surface area contributed by atoms with Crippen LogP contribution in [0.15, 0.2) is 53.4 Å². The molecule has 1 saturated heterocycles. The van der Waals surface area contributed by atoms with Gasteiger partial charge in [0.1, 0.15) is 10.1 Å². The molecule has 0 radical (unpaired) electrons. The standard InChI is InChI=1S/C23H22N2O5S2/c1-3-30-22(28)16-7-9-17(10-8-16)24-20(26)11-12-25-21(27)19(32-23(25)31)14-15-5-4-6-18(13-15)29-2/h4-10,13-14H,3,11-12H2,1-2H3,(H,24,26)/b19-14-. The zero-order valence-electron chi connectivity index (χ0n) is 17.6. The summed E-state index contributed by atoms with van der Waals surface area (Å²) >= 11 is 6.53. The summed E-state index contributed by atoms with van der Waals surface area (Å²) in [7, 11) is 1.58. The van der Waals surface area contributed by atoms with Crippen molar-refractivity contribution in [1.82, 2.24) is 4.90 Å². The quantitative estimate of drug-likeness (QED) is 0.353. The van der Waals surface area contributed by atoms with Gasteiger partial charge in [-0.25, -0.2) is 4.79 Å². The summed E-state index contributed by atoms with van der Waals surface area (Å²) in [4.78, 5) is 38.7. The lowest BCUT2D eigenvalue weighted by atomic mass is 10.2. The number of hydrogen-bond donors (Lipinski definition) is 1. The molecule has 0 aliphatic carbocycles. The Balaban J connectivity index is 1.56. The van der Waals surface area contributed by atoms with E-state index in [9.17, 15) is 14.4 Å². The molecule has 0 unspecified atom stereocenters. The lowest BCUT2D eigenvalue weighted by Crippen LogP contribution is -2.31. The summed E-state index contributed by atoms with van der Waals surface area (Å²) in [6.07, 6.45) is 1.84. The molecule has 1 heterocycles. The van der Waals surface area contributed by atoms with E-state index >= 15 is 0 Å². The van der Waals surface area contributed by atoms with Gasteiger partial charge in [0.15, 0.2) is 0 Å². The van der Waals surface area contributed by atoms with Crippen molar-refractivity contribution in [3.05, 3.63) is 64.6 Å². The smallest absolute Gasteiger partial charge is 0.338 e. The largest absolute Gasteiger partial charge is 0.497 e. The Labute approximate surface area is 195 Å². The number of amides is 2. The zero-order chi connectivity index (χ0) is 23.1. The number of nitrogens with one attached hydrogen (secondary N) is 1. The minimum atomic E-state index is -0.415. The zero-order valence-corrected chi connectivity index (χ0v) is 19.3. The number of carbonyl (C=O) groups is 3. The van der Waals surface area contributed by atoms with Crippen LogP contribution in [0.2, 0.25) is 0 Å². The molecular formula is C23H22N2O5S2. The number of hydrogen-bond acceptors (Lipinski definition) is 7. The first-order valence-electron chi connectivity index (χ1n) is 9.87. The minimum Gasteiger partial charge on any atom is -0.497 e. The minimum absolute atomic E-state index is 0.0819. The Kier molecular flexibility index (Phi) is 8.02. The lowest BCUT2D eigenvalue weighted by Gasteiger charge is -2.14. The predicted octanol–water partition coefficient (Wildman–Crippen LogP) is 4.10. The average molecular weight is 471 g/mol. The first kappa shape index (κ1) is 23.5. The van der Waals surface area contributed by atoms with Crippen LogP contribution in [0.25, 0.3) is 6.08 Å². The molecule has 0 aromatic heterocycles. The molecule has 3 rings (SSSR count). The van der Waals surface area contributed by atoms with Crippen LogP contribution >= 0.6 is 24.0 Å². The average Bonchev–Trinajstić information content (AvgIpc) is 3.05. The SMILES string of the molecule is CCOC(=O)c1ccc(NC(=O)CCN2C(=O)/C(=C/c3cccc(OC)c3)SC2=S)cc1. The summed E-state index contributed by atoms with van der Waals surface area (Å²) in [6, 6.07) is 13.8. The molecule has 2 aromatic rings. The van der Waals surface area contributed by atoms with Crippen LogP contribution in [-0.4, -0.2) is 47.3 Å². The number of nitrogens with zero attached hydrogens (tertiary/aromatic N) is 1. The van der Waals surface area contributed by atoms with Gasteiger partial charge in [-0.2, -0.15) is 0 Å². The molecule has 32 heavy (non-hydrogen) atoms. The number of ether oxygens (including phenoxy) is 2. The van der Waals surface area contributed by atoms with Gasteiger partial charge in [0.05, 0.1) is 24.2 Å². The highest BCUT2D eigenvalue weighted by molar-refractivity contribution is 8.26. The molecule has 9 heteroatoms. The molecular weight excluding hydrogens is 448 g/mol. The summed E-state index contributed by atoms with van der Waals surface area (Å²) < 4.78 is 10.6. The van der Waals surface area contributed by atoms with Crippen molar-refractivity contribution < 1.29 is 23.9 Å². The molecule has 166 valence electrons. The van der Waals surface area contributed by atoms with E-state index in [4.69, 9.17) is 21.7 Å². The molecule has 0 saturated carbocycles. The van der Waals surface area contributed by atoms with E-state index in [1.807, 2.05) is 24.3 Å². The number of benzene rings is 2. The molecule has 2 aromatic carbocycles. The summed E-state index contributed by atoms with van der Waals surface area (Å²) in [6.45, 7) is 2.20. The number of rotatable bonds is 8. The van der Waals surface area contributed by atoms with Crippen molar-refractivity contribution >= 4 is 57.8 Å². The number of methoxy groups -OCH3 is 1. The maximum absolute atomic E-state index is 12.7. The number of esters is 1. The molecule has 1 aliphatic rings. The molecule has 2 amide bonds. The van der Waals surface area contributed by atoms with Gasteiger partial charge in [-0.05, 0) is 55.0 Å². The van der Waals surface area contributed by atoms with Crippen LogP contribution in [-0.2, 0) is 14.3 Å². The Morgan fingerprint density at radius 1 is 1.19 bits per heavy atom. The van der Waals surface area contributed by atoms with E-state index in [0.717, 1.165) is 5.56 Å². The maximum Gasteiger partial charge on any atom is 0.338 e. The molecule has 1 fully saturated rings. The van der Waals surface area contributed by atoms with Crippen molar-refractivity contribution in [3.8, 4) is 5.75 Å². The third-order valence-corrected chi connectivity index (χ3v) is 5.89. The van der Waals surface area contributed by atoms with E-state index in [1.54, 1.807) is 44.4 Å². The number of thiocarbonyl (C=S) groups is 1. The lowest BCUT2D eigenvalue weighted by molar-refractivity contribution is -0.122. The van der Waals surface area contributed by atoms with E-state index in [0.29, 0.717) is 32.8 Å². The van der Waals surface area contributed by atoms with Gasteiger partial charge < -0.3 is 14.8 Å². The first-order chi connectivity index (χ1) is 15.4. The van der Waals surface area contributed by atoms with Crippen molar-refractivity contribution in [2.24, 2.45) is 0 Å². The Bertz CT molecular complexity index is 1070. The maximum atomic E-state index is 12.7. The van der Waals surface area contributed by atoms with Crippen molar-refractivity contribution in [1.29, 1.82) is 0 Å². The second-order valence-electron chi connectivity index (χ2n) is 6.71. The van der Waals surface area contributed by atoms with Crippen molar-refractivity contribution in [2.45, 2.75) is 13.3 Å². The topological polar surface area (TPSA) is 84.9 Å². The van der Waals surface area contributed by atoms with Gasteiger partial charge in [0, 0.05) is 18.7 Å². The fourth-order valence-corrected chi connectivity index (χ4v) is 4.22. The molecule has 1 N–H and O–H groups in total. The van der Waals surface area contributed by atoms with Crippen molar-refractivity contribution in [3.63, 3.8) is 0 Å². The van der Waals surface area contributed by atoms with Gasteiger partial charge in [0.2, 0.25) is 5.91 Å². The van der Waals surface area contributed by atoms with E-state index in [2.05, 4.69) is 5.32 Å². The normalized spacial score (nSPS) is 14.6. The molecule has 7 nitrogen and oxygen atoms in total. The van der Waals surface area contributed by atoms with Crippen LogP contribution in [0.1, 0.15) is 29.3 Å². The van der Waals surface area contributed by atoms with Crippen LogP contribution < -0.4 is 10.1 Å². The van der Waals surface area contributed by atoms with E-state index in [-0.39, 0.29) is 24.8 Å². The molecule has 0 bridgehead atoms. The first-order valence-corrected chi connectivity index (χ1v) is 11.1. The third-order valence-electron chi connectivity index (χ3n) is 4.51. The summed E-state index contributed by atoms with van der Waals surface area (Å²) in [5.41, 5.74) is 1.78. The summed E-state index contributed by atoms with van der Waals surface area (Å²) in [5.74, 6) is -0.211. The van der Waals surface area contributed by atoms with Gasteiger partial charge in [-0.15, -0.1) is 0 Å². The van der Waals surface area contributed by atoms with E-state index < -0.39 is 5.97 Å². The second kappa shape index (κ2) is 10.9. The van der Waals surface area contributed by atoms with E-state index in [1.165, 1.54) is 16.7 Å². The highest BCUT2D eigenvalue weighted by Gasteiger charge is 2.32. The molecule has 0 atom stereocenters. The monoisotopic (exact) mass is 470 g/mol. The fourth-order valence-electron chi connectivity index (χ4n) is 2.92. The highest BCUT2D eigenvalue weighted by Crippen LogP contribution is 2.33. The Hall–Kier alpha value is -3.17. The van der Waals surface area contributed by atoms with Crippen LogP contribution in [0.5, 0.6) is 5.75 Å². The van der Waals surface area contributed by atoms with Gasteiger partial charge in [0.25, 0.3) is 5.91 Å². The third kappa shape index (κ3) is 5.95. The number of carbonyl (C=O) groups excluding carboxylic acids is 3. The Morgan fingerprint density at radius 3 is 2.62 bits per heavy atom. The van der Waals surface area contributed by atoms with Gasteiger partial charge in [-0.3, -0.25) is 14.5 Å². The highest BCUT2D eigenvalue weighted by atomic mass is 32.2. The van der Waals surface area contributed by atoms with Gasteiger partial charge >= 0.3 is 5.97 Å². The van der Waals surface area contributed by atoms with Crippen molar-refractivity contribution in [2.75, 3.05) is 25.6 Å². The van der Waals surface area contributed by atoms with Crippen LogP contribution in [0.3, 0.4) is 0 Å². The van der Waals surface area contributed by atoms with Gasteiger partial charge in [-0.1, -0.05) is 36.1 Å². The van der Waals surface area contributed by atoms with Crippen LogP contribution in [0.4, 0.5) is 5.69 Å². The summed E-state index contributed by atoms with van der Waals surface area (Å²) in [5, 5.41) is 2.75. The second-order valence-corrected chi connectivity index (χ2v) is 8.38. The predicted molar refractivity (Wildman–Crippen MR) is 129 cm³/mol. The molecule has 1 aliphatic heterocycles. The van der Waals surface area contributed by atoms with Crippen LogP contribution in [0, 0.1) is 0 Å². The Morgan fingerprint density at radius 2 is 1.94 bits per heavy atom. The fraction of sp³-hybridized carbons (Fsp3) is 0.217. The number of anilines is 1. The molecule has 0 spiro atoms. The number of thioether (sulfide) groups is 1.